The van der Waals surface area contributed by atoms with Crippen molar-refractivity contribution in [1.29, 1.82) is 0 Å². The van der Waals surface area contributed by atoms with E-state index in [1.54, 1.807) is 12.1 Å². The highest BCUT2D eigenvalue weighted by Crippen LogP contribution is 2.45. The fourth-order valence-corrected chi connectivity index (χ4v) is 2.59. The molecule has 0 spiro atoms. The van der Waals surface area contributed by atoms with Crippen molar-refractivity contribution in [1.82, 2.24) is 4.98 Å². The molecule has 21 heavy (non-hydrogen) atoms. The van der Waals surface area contributed by atoms with Crippen molar-refractivity contribution in [2.75, 3.05) is 34.8 Å². The van der Waals surface area contributed by atoms with Crippen molar-refractivity contribution < 1.29 is 23.0 Å². The summed E-state index contributed by atoms with van der Waals surface area (Å²) in [6, 6.07) is 5.35. The molecule has 1 unspecified atom stereocenters. The van der Waals surface area contributed by atoms with Gasteiger partial charge in [-0.25, -0.2) is 4.57 Å². The number of likely N-dealkylation sites (N-methyl/N-ethyl adjacent to an activating group) is 1. The molecular weight excluding hydrogens is 291 g/mol. The van der Waals surface area contributed by atoms with E-state index in [-0.39, 0.29) is 0 Å². The predicted octanol–water partition coefficient (Wildman–Crippen LogP) is 2.54. The highest BCUT2D eigenvalue weighted by Gasteiger charge is 2.23. The number of phosphoric acid groups is 1. The van der Waals surface area contributed by atoms with Crippen molar-refractivity contribution in [3.63, 3.8) is 0 Å². The van der Waals surface area contributed by atoms with Gasteiger partial charge in [-0.1, -0.05) is 6.07 Å². The van der Waals surface area contributed by atoms with Crippen LogP contribution in [-0.2, 0) is 15.5 Å². The zero-order chi connectivity index (χ0) is 15.7. The van der Waals surface area contributed by atoms with Crippen molar-refractivity contribution in [2.24, 2.45) is 0 Å². The smallest absolute Gasteiger partial charge is 0.403 e. The standard InChI is InChI=1S/C14H21N2O4P/c1-16(2,3)9-8-11-10-15-12-6-5-7-13(14(11)12)20-21(17,18)19-4/h5-7,10,15H,8-9H2,1-4H3/p+1. The van der Waals surface area contributed by atoms with E-state index in [0.29, 0.717) is 5.75 Å². The normalized spacial score (nSPS) is 15.1. The molecule has 0 fully saturated rings. The summed E-state index contributed by atoms with van der Waals surface area (Å²) in [4.78, 5) is 12.7. The number of phosphoric ester groups is 1. The molecule has 1 aromatic heterocycles. The Labute approximate surface area is 124 Å². The van der Waals surface area contributed by atoms with Gasteiger partial charge in [-0.3, -0.25) is 9.42 Å². The van der Waals surface area contributed by atoms with Crippen LogP contribution in [-0.4, -0.2) is 49.2 Å². The molecule has 0 saturated carbocycles. The van der Waals surface area contributed by atoms with Crippen LogP contribution in [0.25, 0.3) is 10.9 Å². The number of quaternary nitrogens is 1. The highest BCUT2D eigenvalue weighted by atomic mass is 31.2. The third-order valence-corrected chi connectivity index (χ3v) is 4.13. The van der Waals surface area contributed by atoms with Crippen LogP contribution in [0.1, 0.15) is 5.56 Å². The molecule has 0 radical (unpaired) electrons. The van der Waals surface area contributed by atoms with Crippen LogP contribution in [0.3, 0.4) is 0 Å². The Morgan fingerprint density at radius 1 is 1.33 bits per heavy atom. The van der Waals surface area contributed by atoms with E-state index in [4.69, 9.17) is 4.52 Å². The molecule has 1 atom stereocenters. The fourth-order valence-electron chi connectivity index (χ4n) is 2.11. The number of aromatic amines is 1. The molecule has 0 aliphatic rings. The first-order valence-electron chi connectivity index (χ1n) is 6.69. The molecule has 0 saturated heterocycles. The minimum atomic E-state index is -4.06. The van der Waals surface area contributed by atoms with Crippen LogP contribution in [0.4, 0.5) is 0 Å². The molecule has 2 aromatic rings. The first-order chi connectivity index (χ1) is 9.72. The molecule has 116 valence electrons. The maximum atomic E-state index is 11.6. The molecule has 1 aromatic carbocycles. The second-order valence-electron chi connectivity index (χ2n) is 6.00. The zero-order valence-corrected chi connectivity index (χ0v) is 13.7. The predicted molar refractivity (Wildman–Crippen MR) is 82.4 cm³/mol. The highest BCUT2D eigenvalue weighted by molar-refractivity contribution is 7.47. The minimum Gasteiger partial charge on any atom is -0.403 e. The fraction of sp³-hybridized carbons (Fsp3) is 0.429. The number of rotatable bonds is 6. The van der Waals surface area contributed by atoms with Gasteiger partial charge in [-0.05, 0) is 17.7 Å². The molecule has 0 bridgehead atoms. The Hall–Kier alpha value is -1.33. The Kier molecular flexibility index (Phi) is 4.44. The lowest BCUT2D eigenvalue weighted by molar-refractivity contribution is -0.870. The van der Waals surface area contributed by atoms with Gasteiger partial charge in [-0.2, -0.15) is 0 Å². The number of hydrogen-bond acceptors (Lipinski definition) is 3. The SMILES string of the molecule is COP(=O)(O)Oc1cccc2[nH]cc(CC[N+](C)(C)C)c12. The van der Waals surface area contributed by atoms with E-state index in [2.05, 4.69) is 30.7 Å². The number of nitrogens with one attached hydrogen (secondary N) is 1. The summed E-state index contributed by atoms with van der Waals surface area (Å²) in [5.74, 6) is 0.359. The third-order valence-electron chi connectivity index (χ3n) is 3.25. The van der Waals surface area contributed by atoms with E-state index < -0.39 is 7.82 Å². The molecule has 2 rings (SSSR count). The van der Waals surface area contributed by atoms with E-state index in [0.717, 1.165) is 41.0 Å². The summed E-state index contributed by atoms with van der Waals surface area (Å²) < 4.78 is 22.1. The molecule has 0 amide bonds. The largest absolute Gasteiger partial charge is 0.527 e. The van der Waals surface area contributed by atoms with Gasteiger partial charge < -0.3 is 14.0 Å². The molecule has 6 nitrogen and oxygen atoms in total. The van der Waals surface area contributed by atoms with Gasteiger partial charge in [0.05, 0.1) is 27.7 Å². The Bertz CT molecular complexity index is 675. The van der Waals surface area contributed by atoms with E-state index in [1.165, 1.54) is 0 Å². The van der Waals surface area contributed by atoms with Crippen LogP contribution < -0.4 is 4.52 Å². The molecule has 2 N–H and O–H groups in total. The second kappa shape index (κ2) is 5.81. The number of nitrogens with zero attached hydrogens (tertiary/aromatic N) is 1. The van der Waals surface area contributed by atoms with Gasteiger partial charge >= 0.3 is 7.82 Å². The topological polar surface area (TPSA) is 71.6 Å². The summed E-state index contributed by atoms with van der Waals surface area (Å²) in [5.41, 5.74) is 1.93. The average molecular weight is 313 g/mol. The lowest BCUT2D eigenvalue weighted by Crippen LogP contribution is -2.36. The molecule has 0 aliphatic carbocycles. The van der Waals surface area contributed by atoms with E-state index >= 15 is 0 Å². The van der Waals surface area contributed by atoms with Crippen molar-refractivity contribution in [2.45, 2.75) is 6.42 Å². The Balaban J connectivity index is 2.38. The Morgan fingerprint density at radius 2 is 2.05 bits per heavy atom. The third kappa shape index (κ3) is 4.08. The maximum Gasteiger partial charge on any atom is 0.527 e. The summed E-state index contributed by atoms with van der Waals surface area (Å²) in [5, 5.41) is 0.831. The summed E-state index contributed by atoms with van der Waals surface area (Å²) >= 11 is 0. The van der Waals surface area contributed by atoms with E-state index in [1.807, 2.05) is 12.3 Å². The zero-order valence-electron chi connectivity index (χ0n) is 12.8. The van der Waals surface area contributed by atoms with E-state index in [9.17, 15) is 9.46 Å². The number of fused-ring (bicyclic) bond motifs is 1. The first kappa shape index (κ1) is 16.0. The average Bonchev–Trinajstić information content (AvgIpc) is 2.79. The van der Waals surface area contributed by atoms with Crippen LogP contribution in [0.5, 0.6) is 5.75 Å². The monoisotopic (exact) mass is 313 g/mol. The van der Waals surface area contributed by atoms with Gasteiger partial charge in [0.15, 0.2) is 0 Å². The van der Waals surface area contributed by atoms with Crippen molar-refractivity contribution in [3.05, 3.63) is 30.0 Å². The van der Waals surface area contributed by atoms with Crippen LogP contribution >= 0.6 is 7.82 Å². The van der Waals surface area contributed by atoms with Gasteiger partial charge in [0.1, 0.15) is 5.75 Å². The second-order valence-corrected chi connectivity index (χ2v) is 7.48. The quantitative estimate of drug-likeness (QED) is 0.635. The lowest BCUT2D eigenvalue weighted by Gasteiger charge is -2.23. The summed E-state index contributed by atoms with van der Waals surface area (Å²) in [6.45, 7) is 0.947. The number of aromatic nitrogens is 1. The molecule has 1 heterocycles. The lowest BCUT2D eigenvalue weighted by atomic mass is 10.1. The first-order valence-corrected chi connectivity index (χ1v) is 8.19. The van der Waals surface area contributed by atoms with Gasteiger partial charge in [0.25, 0.3) is 0 Å². The number of hydrogen-bond donors (Lipinski definition) is 2. The maximum absolute atomic E-state index is 11.6. The molecular formula is C14H22N2O4P+. The van der Waals surface area contributed by atoms with Crippen molar-refractivity contribution in [3.8, 4) is 5.75 Å². The van der Waals surface area contributed by atoms with Crippen LogP contribution in [0.2, 0.25) is 0 Å². The van der Waals surface area contributed by atoms with Gasteiger partial charge in [0.2, 0.25) is 0 Å². The van der Waals surface area contributed by atoms with Gasteiger partial charge in [0, 0.05) is 30.6 Å². The molecule has 0 aliphatic heterocycles. The number of benzene rings is 1. The summed E-state index contributed by atoms with van der Waals surface area (Å²) in [6.07, 6.45) is 2.76. The van der Waals surface area contributed by atoms with Crippen molar-refractivity contribution >= 4 is 18.7 Å². The minimum absolute atomic E-state index is 0.359. The summed E-state index contributed by atoms with van der Waals surface area (Å²) in [7, 11) is 3.46. The van der Waals surface area contributed by atoms with Gasteiger partial charge in [-0.15, -0.1) is 0 Å². The van der Waals surface area contributed by atoms with Crippen LogP contribution in [0, 0.1) is 0 Å². The number of H-pyrrole nitrogens is 1. The van der Waals surface area contributed by atoms with Crippen LogP contribution in [0.15, 0.2) is 24.4 Å². The Morgan fingerprint density at radius 3 is 2.67 bits per heavy atom. The molecule has 7 heteroatoms.